The van der Waals surface area contributed by atoms with Crippen molar-refractivity contribution >= 4 is 17.5 Å². The minimum atomic E-state index is 0.234. The fourth-order valence-corrected chi connectivity index (χ4v) is 3.01. The Morgan fingerprint density at radius 3 is 3.00 bits per heavy atom. The lowest BCUT2D eigenvalue weighted by Crippen LogP contribution is -2.19. The summed E-state index contributed by atoms with van der Waals surface area (Å²) < 4.78 is 0. The zero-order valence-corrected chi connectivity index (χ0v) is 9.91. The highest BCUT2D eigenvalue weighted by molar-refractivity contribution is 8.00. The lowest BCUT2D eigenvalue weighted by atomic mass is 9.99. The molecular weight excluding hydrogens is 224 g/mol. The lowest BCUT2D eigenvalue weighted by molar-refractivity contribution is 0.315. The van der Waals surface area contributed by atoms with E-state index in [4.69, 9.17) is 5.21 Å². The number of hydrogen-bond acceptors (Lipinski definition) is 5. The van der Waals surface area contributed by atoms with Crippen molar-refractivity contribution in [2.75, 3.05) is 0 Å². The SMILES string of the molecule is ON=C1CCCCCCC1Sc1ncn[nH]1. The number of H-pyrrole nitrogens is 1. The van der Waals surface area contributed by atoms with Gasteiger partial charge in [0.15, 0.2) is 5.16 Å². The Kier molecular flexibility index (Phi) is 4.21. The number of thioether (sulfide) groups is 1. The van der Waals surface area contributed by atoms with E-state index in [0.29, 0.717) is 0 Å². The summed E-state index contributed by atoms with van der Waals surface area (Å²) in [6.45, 7) is 0. The minimum absolute atomic E-state index is 0.234. The first-order chi connectivity index (χ1) is 7.90. The van der Waals surface area contributed by atoms with Crippen LogP contribution in [0.15, 0.2) is 16.6 Å². The highest BCUT2D eigenvalue weighted by atomic mass is 32.2. The smallest absolute Gasteiger partial charge is 0.184 e. The summed E-state index contributed by atoms with van der Waals surface area (Å²) in [6, 6.07) is 0. The molecule has 6 heteroatoms. The molecule has 1 unspecified atom stereocenters. The lowest BCUT2D eigenvalue weighted by Gasteiger charge is -2.19. The van der Waals surface area contributed by atoms with Crippen LogP contribution in [-0.2, 0) is 0 Å². The number of aromatic nitrogens is 3. The Labute approximate surface area is 98.7 Å². The van der Waals surface area contributed by atoms with Crippen molar-refractivity contribution in [3.8, 4) is 0 Å². The standard InChI is InChI=1S/C10H16N4OS/c15-14-8-5-3-1-2-4-6-9(8)16-10-11-7-12-13-10/h7,9,15H,1-6H2,(H,11,12,13). The first-order valence-corrected chi connectivity index (χ1v) is 6.51. The van der Waals surface area contributed by atoms with Gasteiger partial charge in [-0.05, 0) is 19.3 Å². The predicted molar refractivity (Wildman–Crippen MR) is 63.0 cm³/mol. The second-order valence-electron chi connectivity index (χ2n) is 3.94. The van der Waals surface area contributed by atoms with Crippen molar-refractivity contribution in [2.24, 2.45) is 5.16 Å². The number of nitrogens with zero attached hydrogens (tertiary/aromatic N) is 3. The van der Waals surface area contributed by atoms with Gasteiger partial charge in [0.1, 0.15) is 6.33 Å². The van der Waals surface area contributed by atoms with Gasteiger partial charge in [0.25, 0.3) is 0 Å². The van der Waals surface area contributed by atoms with Gasteiger partial charge in [-0.3, -0.25) is 5.10 Å². The highest BCUT2D eigenvalue weighted by Crippen LogP contribution is 2.28. The Balaban J connectivity index is 2.02. The predicted octanol–water partition coefficient (Wildman–Crippen LogP) is 2.45. The molecule has 1 atom stereocenters. The zero-order chi connectivity index (χ0) is 11.2. The fraction of sp³-hybridized carbons (Fsp3) is 0.700. The van der Waals surface area contributed by atoms with Crippen LogP contribution >= 0.6 is 11.8 Å². The van der Waals surface area contributed by atoms with E-state index in [9.17, 15) is 0 Å². The summed E-state index contributed by atoms with van der Waals surface area (Å²) in [5.74, 6) is 0. The van der Waals surface area contributed by atoms with Crippen LogP contribution < -0.4 is 0 Å². The van der Waals surface area contributed by atoms with Gasteiger partial charge < -0.3 is 5.21 Å². The van der Waals surface area contributed by atoms with Crippen LogP contribution in [0.5, 0.6) is 0 Å². The number of aromatic amines is 1. The van der Waals surface area contributed by atoms with Gasteiger partial charge in [-0.25, -0.2) is 4.98 Å². The Bertz CT molecular complexity index is 339. The molecule has 16 heavy (non-hydrogen) atoms. The van der Waals surface area contributed by atoms with Crippen molar-refractivity contribution in [3.63, 3.8) is 0 Å². The average Bonchev–Trinajstić information content (AvgIpc) is 2.75. The molecule has 5 nitrogen and oxygen atoms in total. The molecule has 0 saturated heterocycles. The van der Waals surface area contributed by atoms with E-state index < -0.39 is 0 Å². The quantitative estimate of drug-likeness (QED) is 0.615. The van der Waals surface area contributed by atoms with E-state index in [1.54, 1.807) is 11.8 Å². The van der Waals surface area contributed by atoms with Gasteiger partial charge in [-0.15, -0.1) is 0 Å². The summed E-state index contributed by atoms with van der Waals surface area (Å²) in [6.07, 6.45) is 8.25. The molecule has 0 amide bonds. The molecule has 1 aromatic rings. The normalized spacial score (nSPS) is 25.2. The monoisotopic (exact) mass is 240 g/mol. The number of hydrogen-bond donors (Lipinski definition) is 2. The van der Waals surface area contributed by atoms with E-state index in [2.05, 4.69) is 20.3 Å². The average molecular weight is 240 g/mol. The maximum Gasteiger partial charge on any atom is 0.184 e. The molecule has 1 aliphatic rings. The van der Waals surface area contributed by atoms with Crippen LogP contribution in [-0.4, -0.2) is 31.4 Å². The number of oxime groups is 1. The third-order valence-electron chi connectivity index (χ3n) is 2.80. The van der Waals surface area contributed by atoms with Crippen molar-refractivity contribution < 1.29 is 5.21 Å². The minimum Gasteiger partial charge on any atom is -0.411 e. The maximum absolute atomic E-state index is 9.04. The van der Waals surface area contributed by atoms with Crippen LogP contribution in [0.3, 0.4) is 0 Å². The van der Waals surface area contributed by atoms with E-state index in [1.807, 2.05) is 0 Å². The van der Waals surface area contributed by atoms with E-state index in [0.717, 1.165) is 30.1 Å². The molecule has 2 N–H and O–H groups in total. The van der Waals surface area contributed by atoms with Crippen LogP contribution in [0.25, 0.3) is 0 Å². The molecule has 0 aromatic carbocycles. The molecule has 0 bridgehead atoms. The zero-order valence-electron chi connectivity index (χ0n) is 9.09. The van der Waals surface area contributed by atoms with Crippen LogP contribution in [0.2, 0.25) is 0 Å². The van der Waals surface area contributed by atoms with Crippen LogP contribution in [0.4, 0.5) is 0 Å². The van der Waals surface area contributed by atoms with Crippen LogP contribution in [0.1, 0.15) is 38.5 Å². The molecule has 0 spiro atoms. The molecule has 2 rings (SSSR count). The highest BCUT2D eigenvalue weighted by Gasteiger charge is 2.20. The Morgan fingerprint density at radius 2 is 2.25 bits per heavy atom. The van der Waals surface area contributed by atoms with Crippen molar-refractivity contribution in [2.45, 2.75) is 48.9 Å². The Hall–Kier alpha value is -1.04. The summed E-state index contributed by atoms with van der Waals surface area (Å²) in [7, 11) is 0. The third kappa shape index (κ3) is 2.98. The van der Waals surface area contributed by atoms with Gasteiger partial charge in [0, 0.05) is 0 Å². The van der Waals surface area contributed by atoms with E-state index in [1.165, 1.54) is 25.6 Å². The molecule has 1 fully saturated rings. The second kappa shape index (κ2) is 5.89. The third-order valence-corrected chi connectivity index (χ3v) is 4.01. The first kappa shape index (κ1) is 11.4. The molecule has 88 valence electrons. The van der Waals surface area contributed by atoms with Crippen molar-refractivity contribution in [1.29, 1.82) is 0 Å². The molecule has 0 radical (unpaired) electrons. The van der Waals surface area contributed by atoms with E-state index in [-0.39, 0.29) is 5.25 Å². The van der Waals surface area contributed by atoms with Gasteiger partial charge in [0.05, 0.1) is 11.0 Å². The van der Waals surface area contributed by atoms with E-state index >= 15 is 0 Å². The van der Waals surface area contributed by atoms with Crippen LogP contribution in [0, 0.1) is 0 Å². The first-order valence-electron chi connectivity index (χ1n) is 5.63. The van der Waals surface area contributed by atoms with Gasteiger partial charge >= 0.3 is 0 Å². The fourth-order valence-electron chi connectivity index (χ4n) is 1.94. The maximum atomic E-state index is 9.04. The Morgan fingerprint density at radius 1 is 1.38 bits per heavy atom. The summed E-state index contributed by atoms with van der Waals surface area (Å²) in [5.41, 5.74) is 0.890. The van der Waals surface area contributed by atoms with Gasteiger partial charge in [0.2, 0.25) is 0 Å². The largest absolute Gasteiger partial charge is 0.411 e. The molecule has 1 saturated carbocycles. The molecular formula is C10H16N4OS. The van der Waals surface area contributed by atoms with Crippen molar-refractivity contribution in [3.05, 3.63) is 6.33 Å². The van der Waals surface area contributed by atoms with Gasteiger partial charge in [-0.1, -0.05) is 36.2 Å². The number of rotatable bonds is 2. The van der Waals surface area contributed by atoms with Gasteiger partial charge in [-0.2, -0.15) is 5.10 Å². The summed E-state index contributed by atoms with van der Waals surface area (Å²) >= 11 is 1.61. The molecule has 1 aliphatic carbocycles. The molecule has 1 aromatic heterocycles. The summed E-state index contributed by atoms with van der Waals surface area (Å²) in [5, 5.41) is 20.2. The summed E-state index contributed by atoms with van der Waals surface area (Å²) in [4.78, 5) is 4.09. The second-order valence-corrected chi connectivity index (χ2v) is 5.13. The van der Waals surface area contributed by atoms with Crippen molar-refractivity contribution in [1.82, 2.24) is 15.2 Å². The molecule has 1 heterocycles. The molecule has 0 aliphatic heterocycles. The topological polar surface area (TPSA) is 74.2 Å². The number of nitrogens with one attached hydrogen (secondary N) is 1.